The third kappa shape index (κ3) is 5.27. The van der Waals surface area contributed by atoms with E-state index in [0.717, 1.165) is 44.5 Å². The van der Waals surface area contributed by atoms with E-state index in [2.05, 4.69) is 59.7 Å². The second-order valence-corrected chi connectivity index (χ2v) is 15.3. The van der Waals surface area contributed by atoms with E-state index >= 15 is 0 Å². The molecular weight excluding hydrogens is 510 g/mol. The number of Topliss-reactive ketones (excluding diaryl/α,β-unsaturated/α-hetero) is 1. The molecule has 0 amide bonds. The molecule has 4 fully saturated rings. The van der Waals surface area contributed by atoms with Gasteiger partial charge in [-0.2, -0.15) is 0 Å². The Bertz CT molecular complexity index is 1170. The van der Waals surface area contributed by atoms with Crippen molar-refractivity contribution in [1.29, 1.82) is 0 Å². The molecule has 1 heterocycles. The molecule has 1 unspecified atom stereocenters. The van der Waals surface area contributed by atoms with E-state index in [1.807, 2.05) is 10.7 Å². The number of allylic oxidation sites excluding steroid dienone is 1. The molecule has 41 heavy (non-hydrogen) atoms. The molecule has 0 aromatic heterocycles. The molecule has 0 aromatic carbocycles. The molecule has 6 nitrogen and oxygen atoms in total. The average Bonchev–Trinajstić information content (AvgIpc) is 3.38. The number of hydrogen-bond acceptors (Lipinski definition) is 5. The summed E-state index contributed by atoms with van der Waals surface area (Å²) in [6, 6.07) is 0.184. The van der Waals surface area contributed by atoms with Gasteiger partial charge in [-0.1, -0.05) is 45.3 Å². The van der Waals surface area contributed by atoms with Gasteiger partial charge in [0.05, 0.1) is 12.1 Å². The minimum Gasteiger partial charge on any atom is -0.341 e. The van der Waals surface area contributed by atoms with E-state index in [-0.39, 0.29) is 28.1 Å². The minimum atomic E-state index is 0.184. The lowest BCUT2D eigenvalue weighted by molar-refractivity contribution is -0.532. The van der Waals surface area contributed by atoms with Crippen LogP contribution < -0.4 is 0 Å². The van der Waals surface area contributed by atoms with Crippen LogP contribution in [0.2, 0.25) is 0 Å². The number of ketones is 2. The normalized spacial score (nSPS) is 38.9. The molecule has 1 aliphatic heterocycles. The first-order chi connectivity index (χ1) is 19.3. The summed E-state index contributed by atoms with van der Waals surface area (Å²) in [6.07, 6.45) is 12.3. The van der Waals surface area contributed by atoms with Crippen LogP contribution in [0.4, 0.5) is 0 Å². The van der Waals surface area contributed by atoms with E-state index in [1.165, 1.54) is 31.3 Å². The van der Waals surface area contributed by atoms with Crippen LogP contribution in [0.1, 0.15) is 106 Å². The molecule has 0 N–H and O–H groups in total. The van der Waals surface area contributed by atoms with Gasteiger partial charge in [0.2, 0.25) is 18.2 Å². The lowest BCUT2D eigenvalue weighted by atomic mass is 9.42. The quantitative estimate of drug-likeness (QED) is 0.134. The van der Waals surface area contributed by atoms with Gasteiger partial charge in [-0.15, -0.1) is 0 Å². The van der Waals surface area contributed by atoms with Crippen molar-refractivity contribution in [3.05, 3.63) is 24.1 Å². The van der Waals surface area contributed by atoms with Crippen LogP contribution in [0, 0.1) is 39.9 Å². The van der Waals surface area contributed by atoms with Crippen LogP contribution in [-0.4, -0.2) is 59.1 Å². The van der Waals surface area contributed by atoms with Crippen molar-refractivity contribution in [2.24, 2.45) is 45.1 Å². The smallest absolute Gasteiger partial charge is 0.218 e. The molecule has 0 radical (unpaired) electrons. The summed E-state index contributed by atoms with van der Waals surface area (Å²) < 4.78 is 1.92. The average molecular weight is 565 g/mol. The molecule has 0 spiro atoms. The fourth-order valence-corrected chi connectivity index (χ4v) is 10.0. The molecule has 7 atom stereocenters. The van der Waals surface area contributed by atoms with E-state index in [9.17, 15) is 9.59 Å². The minimum absolute atomic E-state index is 0.184. The van der Waals surface area contributed by atoms with Crippen LogP contribution in [-0.2, 0) is 14.4 Å². The molecule has 6 heteroatoms. The maximum absolute atomic E-state index is 12.2. The number of nitrogens with zero attached hydrogens (tertiary/aromatic N) is 3. The predicted octanol–water partition coefficient (Wildman–Crippen LogP) is 6.79. The van der Waals surface area contributed by atoms with Gasteiger partial charge in [0.25, 0.3) is 0 Å². The van der Waals surface area contributed by atoms with E-state index in [4.69, 9.17) is 9.99 Å². The van der Waals surface area contributed by atoms with Crippen molar-refractivity contribution in [1.82, 2.24) is 4.90 Å². The van der Waals surface area contributed by atoms with Gasteiger partial charge in [0.15, 0.2) is 11.8 Å². The fourth-order valence-electron chi connectivity index (χ4n) is 10.0. The van der Waals surface area contributed by atoms with Crippen molar-refractivity contribution in [2.75, 3.05) is 19.6 Å². The summed E-state index contributed by atoms with van der Waals surface area (Å²) in [5.41, 5.74) is 3.19. The Labute approximate surface area is 248 Å². The number of fused-ring (bicyclic) bond motifs is 5. The molecular formula is C35H54N3O3+. The second kappa shape index (κ2) is 11.1. The van der Waals surface area contributed by atoms with Crippen molar-refractivity contribution < 1.29 is 19.0 Å². The van der Waals surface area contributed by atoms with Crippen LogP contribution >= 0.6 is 0 Å². The van der Waals surface area contributed by atoms with Gasteiger partial charge in [-0.25, -0.2) is 4.58 Å². The first kappa shape index (κ1) is 30.2. The highest BCUT2D eigenvalue weighted by atomic mass is 16.6. The molecule has 5 rings (SSSR count). The molecule has 3 saturated carbocycles. The highest BCUT2D eigenvalue weighted by Crippen LogP contribution is 2.72. The predicted molar refractivity (Wildman–Crippen MR) is 165 cm³/mol. The molecule has 0 aromatic rings. The number of oxime groups is 1. The Morgan fingerprint density at radius 2 is 1.83 bits per heavy atom. The summed E-state index contributed by atoms with van der Waals surface area (Å²) in [7, 11) is 0. The first-order valence-electron chi connectivity index (χ1n) is 16.3. The summed E-state index contributed by atoms with van der Waals surface area (Å²) >= 11 is 0. The zero-order valence-electron chi connectivity index (χ0n) is 26.6. The van der Waals surface area contributed by atoms with Crippen LogP contribution in [0.15, 0.2) is 29.3 Å². The Balaban J connectivity index is 1.27. The molecule has 1 saturated heterocycles. The van der Waals surface area contributed by atoms with Crippen LogP contribution in [0.5, 0.6) is 0 Å². The lowest BCUT2D eigenvalue weighted by Gasteiger charge is -2.62. The van der Waals surface area contributed by atoms with Crippen molar-refractivity contribution in [2.45, 2.75) is 112 Å². The standard InChI is InChI=1S/C35H54N3O3/c1-23(2)21-38(18-14-27-20-29(40)22-37(27)8)25(4)41-36-24(3)30-12-16-35(7)32-10-9-26-19-28(39)11-15-33(26,5)31(32)13-17-34(30,35)6/h19,23,27,30-32H,4,8-18,20-22H2,1-3,5-7H3/q+1/b36-24+/t27?,30-,31+,32-,33+,34-,35+/m1/s1. The van der Waals surface area contributed by atoms with Gasteiger partial charge < -0.3 is 9.74 Å². The number of carbonyl (C=O) groups is 2. The summed E-state index contributed by atoms with van der Waals surface area (Å²) in [6.45, 7) is 24.5. The topological polar surface area (TPSA) is 62.0 Å². The monoisotopic (exact) mass is 564 g/mol. The van der Waals surface area contributed by atoms with Crippen LogP contribution in [0.3, 0.4) is 0 Å². The van der Waals surface area contributed by atoms with Gasteiger partial charge in [0.1, 0.15) is 6.72 Å². The summed E-state index contributed by atoms with van der Waals surface area (Å²) in [5.74, 6) is 3.44. The third-order valence-electron chi connectivity index (χ3n) is 12.6. The first-order valence-corrected chi connectivity index (χ1v) is 16.3. The van der Waals surface area contributed by atoms with E-state index < -0.39 is 0 Å². The maximum Gasteiger partial charge on any atom is 0.218 e. The zero-order valence-corrected chi connectivity index (χ0v) is 26.6. The number of carbonyl (C=O) groups excluding carboxylic acids is 2. The van der Waals surface area contributed by atoms with Crippen LogP contribution in [0.25, 0.3) is 0 Å². The maximum atomic E-state index is 12.2. The Morgan fingerprint density at radius 3 is 2.51 bits per heavy atom. The Hall–Kier alpha value is -2.24. The number of rotatable bonds is 9. The van der Waals surface area contributed by atoms with Crippen molar-refractivity contribution in [3.8, 4) is 0 Å². The van der Waals surface area contributed by atoms with Gasteiger partial charge in [0, 0.05) is 31.8 Å². The summed E-state index contributed by atoms with van der Waals surface area (Å²) in [5, 5.41) is 4.75. The molecule has 5 aliphatic rings. The van der Waals surface area contributed by atoms with E-state index in [1.54, 1.807) is 0 Å². The SMILES string of the molecule is C=C(O/N=C(\C)[C@H]1CC[C@@]2(C)[C@@H]3CCC4=CC(=O)CC[C@]4(C)[C@H]3CC[C@]12C)N(CCC1CC(=O)C[N+]1=C)CC(C)C. The van der Waals surface area contributed by atoms with Gasteiger partial charge >= 0.3 is 0 Å². The summed E-state index contributed by atoms with van der Waals surface area (Å²) in [4.78, 5) is 32.4. The largest absolute Gasteiger partial charge is 0.341 e. The Kier molecular flexibility index (Phi) is 8.19. The molecule has 0 bridgehead atoms. The Morgan fingerprint density at radius 1 is 1.10 bits per heavy atom. The van der Waals surface area contributed by atoms with Crippen molar-refractivity contribution >= 4 is 24.0 Å². The van der Waals surface area contributed by atoms with Gasteiger partial charge in [-0.3, -0.25) is 9.59 Å². The zero-order chi connectivity index (χ0) is 29.7. The fraction of sp³-hybridized carbons (Fsp3) is 0.771. The lowest BCUT2D eigenvalue weighted by Crippen LogP contribution is -2.56. The molecule has 226 valence electrons. The highest BCUT2D eigenvalue weighted by molar-refractivity contribution is 5.91. The third-order valence-corrected chi connectivity index (χ3v) is 12.6. The highest BCUT2D eigenvalue weighted by Gasteiger charge is 2.65. The second-order valence-electron chi connectivity index (χ2n) is 15.3. The van der Waals surface area contributed by atoms with E-state index in [0.29, 0.717) is 54.7 Å². The molecule has 4 aliphatic carbocycles. The van der Waals surface area contributed by atoms with Crippen molar-refractivity contribution in [3.63, 3.8) is 0 Å². The van der Waals surface area contributed by atoms with Gasteiger partial charge in [-0.05, 0) is 98.5 Å². The number of hydrogen-bond donors (Lipinski definition) is 0.